The summed E-state index contributed by atoms with van der Waals surface area (Å²) in [6.45, 7) is 1.48. The monoisotopic (exact) mass is 373 g/mol. The minimum absolute atomic E-state index is 0.0190. The summed E-state index contributed by atoms with van der Waals surface area (Å²) < 4.78 is 26.5. The molecule has 0 spiro atoms. The molecule has 2 aromatic carbocycles. The third kappa shape index (κ3) is 4.28. The third-order valence-electron chi connectivity index (χ3n) is 4.18. The van der Waals surface area contributed by atoms with E-state index in [-0.39, 0.29) is 36.4 Å². The van der Waals surface area contributed by atoms with E-state index >= 15 is 0 Å². The molecule has 0 radical (unpaired) electrons. The summed E-state index contributed by atoms with van der Waals surface area (Å²) in [4.78, 5) is 36.9. The molecule has 2 N–H and O–H groups in total. The van der Waals surface area contributed by atoms with Gasteiger partial charge in [-0.2, -0.15) is 0 Å². The van der Waals surface area contributed by atoms with Crippen LogP contribution in [-0.2, 0) is 14.4 Å². The second-order valence-electron chi connectivity index (χ2n) is 6.25. The zero-order valence-corrected chi connectivity index (χ0v) is 14.5. The number of carbonyl (C=O) groups is 3. The molecule has 27 heavy (non-hydrogen) atoms. The first-order chi connectivity index (χ1) is 12.8. The van der Waals surface area contributed by atoms with Gasteiger partial charge in [0.1, 0.15) is 0 Å². The molecule has 0 aliphatic carbocycles. The van der Waals surface area contributed by atoms with Crippen LogP contribution >= 0.6 is 0 Å². The van der Waals surface area contributed by atoms with Crippen LogP contribution in [0.15, 0.2) is 42.5 Å². The standard InChI is InChI=1S/C19H17F2N3O3/c1-11(25)22-13-2-4-14(5-3-13)23-19(27)12-8-18(26)24(10-12)15-6-7-16(20)17(21)9-15/h2-7,9,12H,8,10H2,1H3,(H,22,25)(H,23,27). The Balaban J connectivity index is 1.65. The highest BCUT2D eigenvalue weighted by atomic mass is 19.2. The molecule has 0 aromatic heterocycles. The number of rotatable bonds is 4. The Morgan fingerprint density at radius 1 is 1.00 bits per heavy atom. The van der Waals surface area contributed by atoms with Gasteiger partial charge in [-0.1, -0.05) is 0 Å². The Labute approximate surface area is 154 Å². The number of carbonyl (C=O) groups excluding carboxylic acids is 3. The molecule has 3 amide bonds. The lowest BCUT2D eigenvalue weighted by molar-refractivity contribution is -0.122. The maximum absolute atomic E-state index is 13.4. The lowest BCUT2D eigenvalue weighted by Gasteiger charge is -2.17. The fourth-order valence-corrected chi connectivity index (χ4v) is 2.87. The molecular formula is C19H17F2N3O3. The van der Waals surface area contributed by atoms with Crippen molar-refractivity contribution >= 4 is 34.8 Å². The van der Waals surface area contributed by atoms with E-state index < -0.39 is 17.6 Å². The largest absolute Gasteiger partial charge is 0.326 e. The van der Waals surface area contributed by atoms with Gasteiger partial charge in [0.2, 0.25) is 17.7 Å². The molecule has 6 nitrogen and oxygen atoms in total. The van der Waals surface area contributed by atoms with Gasteiger partial charge in [0.25, 0.3) is 0 Å². The average Bonchev–Trinajstić information content (AvgIpc) is 3.00. The van der Waals surface area contributed by atoms with E-state index in [1.807, 2.05) is 0 Å². The minimum Gasteiger partial charge on any atom is -0.326 e. The Morgan fingerprint density at radius 3 is 2.22 bits per heavy atom. The number of nitrogens with zero attached hydrogens (tertiary/aromatic N) is 1. The van der Waals surface area contributed by atoms with Crippen LogP contribution in [0.3, 0.4) is 0 Å². The van der Waals surface area contributed by atoms with Crippen LogP contribution in [0, 0.1) is 17.6 Å². The first-order valence-electron chi connectivity index (χ1n) is 8.27. The topological polar surface area (TPSA) is 78.5 Å². The van der Waals surface area contributed by atoms with Gasteiger partial charge in [-0.3, -0.25) is 14.4 Å². The lowest BCUT2D eigenvalue weighted by Crippen LogP contribution is -2.28. The first-order valence-corrected chi connectivity index (χ1v) is 8.27. The van der Waals surface area contributed by atoms with Gasteiger partial charge >= 0.3 is 0 Å². The predicted molar refractivity (Wildman–Crippen MR) is 96.2 cm³/mol. The summed E-state index contributed by atoms with van der Waals surface area (Å²) in [6, 6.07) is 9.74. The van der Waals surface area contributed by atoms with Crippen LogP contribution in [0.2, 0.25) is 0 Å². The number of nitrogens with one attached hydrogen (secondary N) is 2. The van der Waals surface area contributed by atoms with Crippen LogP contribution in [-0.4, -0.2) is 24.3 Å². The Bertz CT molecular complexity index is 900. The SMILES string of the molecule is CC(=O)Nc1ccc(NC(=O)C2CC(=O)N(c3ccc(F)c(F)c3)C2)cc1. The predicted octanol–water partition coefficient (Wildman–Crippen LogP) is 2.91. The number of hydrogen-bond donors (Lipinski definition) is 2. The van der Waals surface area contributed by atoms with Gasteiger partial charge in [-0.05, 0) is 36.4 Å². The van der Waals surface area contributed by atoms with Crippen LogP contribution < -0.4 is 15.5 Å². The highest BCUT2D eigenvalue weighted by molar-refractivity contribution is 6.03. The first kappa shape index (κ1) is 18.5. The van der Waals surface area contributed by atoms with Gasteiger partial charge in [0.05, 0.1) is 5.92 Å². The fraction of sp³-hybridized carbons (Fsp3) is 0.211. The smallest absolute Gasteiger partial charge is 0.229 e. The molecule has 0 saturated carbocycles. The van der Waals surface area contributed by atoms with Crippen molar-refractivity contribution < 1.29 is 23.2 Å². The molecule has 1 atom stereocenters. The van der Waals surface area contributed by atoms with E-state index in [0.717, 1.165) is 12.1 Å². The Hall–Kier alpha value is -3.29. The van der Waals surface area contributed by atoms with E-state index in [2.05, 4.69) is 10.6 Å². The van der Waals surface area contributed by atoms with Crippen molar-refractivity contribution in [3.63, 3.8) is 0 Å². The molecule has 2 aromatic rings. The zero-order chi connectivity index (χ0) is 19.6. The Kier molecular flexibility index (Phi) is 5.16. The summed E-state index contributed by atoms with van der Waals surface area (Å²) >= 11 is 0. The number of anilines is 3. The molecule has 1 fully saturated rings. The van der Waals surface area contributed by atoms with E-state index in [1.54, 1.807) is 24.3 Å². The van der Waals surface area contributed by atoms with Crippen molar-refractivity contribution in [2.75, 3.05) is 22.1 Å². The van der Waals surface area contributed by atoms with Gasteiger partial charge in [-0.25, -0.2) is 8.78 Å². The zero-order valence-electron chi connectivity index (χ0n) is 14.5. The highest BCUT2D eigenvalue weighted by Gasteiger charge is 2.35. The molecule has 8 heteroatoms. The molecule has 1 aliphatic heterocycles. The van der Waals surface area contributed by atoms with Crippen molar-refractivity contribution in [1.29, 1.82) is 0 Å². The number of benzene rings is 2. The average molecular weight is 373 g/mol. The van der Waals surface area contributed by atoms with Gasteiger partial charge in [-0.15, -0.1) is 0 Å². The second kappa shape index (κ2) is 7.53. The van der Waals surface area contributed by atoms with Crippen LogP contribution in [0.1, 0.15) is 13.3 Å². The van der Waals surface area contributed by atoms with Gasteiger partial charge in [0, 0.05) is 43.0 Å². The van der Waals surface area contributed by atoms with Gasteiger partial charge < -0.3 is 15.5 Å². The molecule has 1 saturated heterocycles. The second-order valence-corrected chi connectivity index (χ2v) is 6.25. The molecule has 1 heterocycles. The molecule has 3 rings (SSSR count). The summed E-state index contributed by atoms with van der Waals surface area (Å²) in [5.41, 5.74) is 1.34. The third-order valence-corrected chi connectivity index (χ3v) is 4.18. The van der Waals surface area contributed by atoms with E-state index in [9.17, 15) is 23.2 Å². The van der Waals surface area contributed by atoms with Crippen LogP contribution in [0.25, 0.3) is 0 Å². The van der Waals surface area contributed by atoms with E-state index in [1.165, 1.54) is 17.9 Å². The lowest BCUT2D eigenvalue weighted by atomic mass is 10.1. The number of halogens is 2. The van der Waals surface area contributed by atoms with Crippen molar-refractivity contribution in [2.45, 2.75) is 13.3 Å². The molecule has 140 valence electrons. The fourth-order valence-electron chi connectivity index (χ4n) is 2.87. The summed E-state index contributed by atoms with van der Waals surface area (Å²) in [7, 11) is 0. The van der Waals surface area contributed by atoms with Crippen molar-refractivity contribution in [3.05, 3.63) is 54.1 Å². The molecule has 0 bridgehead atoms. The summed E-state index contributed by atoms with van der Waals surface area (Å²) in [6.07, 6.45) is -0.0190. The summed E-state index contributed by atoms with van der Waals surface area (Å²) in [5, 5.41) is 5.33. The minimum atomic E-state index is -1.05. The van der Waals surface area contributed by atoms with Crippen LogP contribution in [0.5, 0.6) is 0 Å². The molecule has 1 unspecified atom stereocenters. The van der Waals surface area contributed by atoms with E-state index in [4.69, 9.17) is 0 Å². The molecular weight excluding hydrogens is 356 g/mol. The maximum atomic E-state index is 13.4. The van der Waals surface area contributed by atoms with Crippen molar-refractivity contribution in [2.24, 2.45) is 5.92 Å². The van der Waals surface area contributed by atoms with E-state index in [0.29, 0.717) is 11.4 Å². The number of hydrogen-bond acceptors (Lipinski definition) is 3. The quantitative estimate of drug-likeness (QED) is 0.865. The number of amides is 3. The maximum Gasteiger partial charge on any atom is 0.229 e. The van der Waals surface area contributed by atoms with Crippen LogP contribution in [0.4, 0.5) is 25.8 Å². The summed E-state index contributed by atoms with van der Waals surface area (Å²) in [5.74, 6) is -3.54. The van der Waals surface area contributed by atoms with Crippen molar-refractivity contribution in [3.8, 4) is 0 Å². The van der Waals surface area contributed by atoms with Crippen molar-refractivity contribution in [1.82, 2.24) is 0 Å². The van der Waals surface area contributed by atoms with Gasteiger partial charge in [0.15, 0.2) is 11.6 Å². The normalized spacial score (nSPS) is 16.3. The highest BCUT2D eigenvalue weighted by Crippen LogP contribution is 2.27. The molecule has 1 aliphatic rings. The Morgan fingerprint density at radius 2 is 1.63 bits per heavy atom.